The van der Waals surface area contributed by atoms with E-state index >= 15 is 0 Å². The van der Waals surface area contributed by atoms with Crippen LogP contribution in [0.2, 0.25) is 0 Å². The van der Waals surface area contributed by atoms with Gasteiger partial charge in [-0.05, 0) is 44.1 Å². The van der Waals surface area contributed by atoms with Gasteiger partial charge in [-0.15, -0.1) is 0 Å². The third-order valence-electron chi connectivity index (χ3n) is 6.48. The van der Waals surface area contributed by atoms with E-state index < -0.39 is 36.1 Å². The van der Waals surface area contributed by atoms with Crippen LogP contribution in [0.1, 0.15) is 65.7 Å². The zero-order valence-corrected chi connectivity index (χ0v) is 21.7. The Morgan fingerprint density at radius 3 is 2.31 bits per heavy atom. The maximum Gasteiger partial charge on any atom is 0.327 e. The van der Waals surface area contributed by atoms with Crippen LogP contribution in [0.3, 0.4) is 0 Å². The first kappa shape index (κ1) is 31.4. The van der Waals surface area contributed by atoms with Crippen LogP contribution in [0.15, 0.2) is 36.0 Å². The van der Waals surface area contributed by atoms with Crippen molar-refractivity contribution in [3.05, 3.63) is 36.0 Å². The number of allylic oxidation sites excluding steroid dienone is 3. The number of unbranched alkanes of at least 4 members (excludes halogenated alkanes) is 1. The molecule has 0 aliphatic carbocycles. The first-order chi connectivity index (χ1) is 17.0. The van der Waals surface area contributed by atoms with Crippen LogP contribution in [-0.4, -0.2) is 64.3 Å². The summed E-state index contributed by atoms with van der Waals surface area (Å²) in [6.07, 6.45) is 8.46. The minimum atomic E-state index is -1.00. The second-order valence-corrected chi connectivity index (χ2v) is 9.54. The van der Waals surface area contributed by atoms with Gasteiger partial charge in [-0.1, -0.05) is 38.2 Å². The molecule has 0 aromatic rings. The number of Topliss-reactive ketones (excluding diaryl/α,β-unsaturated/α-hetero) is 1. The molecule has 0 unspecified atom stereocenters. The number of ketones is 1. The summed E-state index contributed by atoms with van der Waals surface area (Å²) in [6.45, 7) is 5.18. The molecule has 0 saturated carbocycles. The fourth-order valence-corrected chi connectivity index (χ4v) is 4.28. The van der Waals surface area contributed by atoms with E-state index in [1.165, 1.54) is 7.11 Å². The van der Waals surface area contributed by atoms with E-state index in [-0.39, 0.29) is 23.5 Å². The molecule has 4 N–H and O–H groups in total. The van der Waals surface area contributed by atoms with Gasteiger partial charge in [0.1, 0.15) is 11.9 Å². The number of hydrogen-bond acceptors (Lipinski definition) is 7. The molecule has 1 heterocycles. The lowest BCUT2D eigenvalue weighted by Gasteiger charge is -2.29. The van der Waals surface area contributed by atoms with Gasteiger partial charge < -0.3 is 20.1 Å². The van der Waals surface area contributed by atoms with Crippen molar-refractivity contribution in [3.63, 3.8) is 0 Å². The summed E-state index contributed by atoms with van der Waals surface area (Å²) < 4.78 is 5.36. The molecule has 9 nitrogen and oxygen atoms in total. The van der Waals surface area contributed by atoms with Crippen molar-refractivity contribution < 1.29 is 39.2 Å². The van der Waals surface area contributed by atoms with E-state index in [1.54, 1.807) is 45.1 Å². The summed E-state index contributed by atoms with van der Waals surface area (Å²) >= 11 is 0. The number of aliphatic carboxylic acids is 1. The molecule has 36 heavy (non-hydrogen) atoms. The number of amides is 2. The van der Waals surface area contributed by atoms with Gasteiger partial charge in [-0.3, -0.25) is 19.7 Å². The second-order valence-electron chi connectivity index (χ2n) is 9.54. The van der Waals surface area contributed by atoms with Gasteiger partial charge in [-0.25, -0.2) is 4.79 Å². The van der Waals surface area contributed by atoms with E-state index in [4.69, 9.17) is 9.84 Å². The summed E-state index contributed by atoms with van der Waals surface area (Å²) in [5, 5.41) is 32.4. The second kappa shape index (κ2) is 16.2. The Balaban J connectivity index is 2.57. The Kier molecular flexibility index (Phi) is 14.1. The highest BCUT2D eigenvalue weighted by molar-refractivity contribution is 5.97. The number of imide groups is 1. The minimum Gasteiger partial charge on any atom is -0.478 e. The summed E-state index contributed by atoms with van der Waals surface area (Å²) in [7, 11) is 1.46. The number of aliphatic hydroxyl groups excluding tert-OH is 2. The Labute approximate surface area is 213 Å². The standard InChI is InChI=1S/C27H41NO8/c1-17(21(29)11-9-10-20-15-23(30)28-24(31)16-20)14-18(2)26(34)19(3)27(35)22(36-4)12-7-5-6-8-13-25(32)33/h7-8,12-14,17,19-20,22,26-27,34-35H,5-6,9-11,15-16H2,1-4H3,(H,32,33)(H,28,30,31)/b12-7+,13-8+,18-14+/t17-,19+,22+,26+,27-/m1/s1. The molecule has 2 amide bonds. The molecule has 1 aliphatic rings. The average Bonchev–Trinajstić information content (AvgIpc) is 2.81. The van der Waals surface area contributed by atoms with Crippen LogP contribution >= 0.6 is 0 Å². The maximum atomic E-state index is 12.6. The minimum absolute atomic E-state index is 0.0102. The van der Waals surface area contributed by atoms with Gasteiger partial charge in [-0.2, -0.15) is 0 Å². The molecular weight excluding hydrogens is 466 g/mol. The predicted octanol–water partition coefficient (Wildman–Crippen LogP) is 2.71. The van der Waals surface area contributed by atoms with Crippen molar-refractivity contribution in [1.82, 2.24) is 5.32 Å². The van der Waals surface area contributed by atoms with Crippen molar-refractivity contribution in [3.8, 4) is 0 Å². The van der Waals surface area contributed by atoms with E-state index in [1.807, 2.05) is 0 Å². The maximum absolute atomic E-state index is 12.6. The van der Waals surface area contributed by atoms with Gasteiger partial charge in [0.05, 0.1) is 12.2 Å². The molecule has 1 aliphatic heterocycles. The third-order valence-corrected chi connectivity index (χ3v) is 6.48. The number of aliphatic hydroxyl groups is 2. The molecule has 0 aromatic heterocycles. The molecule has 0 bridgehead atoms. The van der Waals surface area contributed by atoms with Crippen LogP contribution < -0.4 is 5.32 Å². The SMILES string of the molecule is CO[C@@H](/C=C/CC/C=C/C(=O)O)[C@H](O)[C@@H](C)[C@@H](O)/C(C)=C/[C@@H](C)C(=O)CCCC1CC(=O)NC(=O)C1. The molecule has 1 rings (SSSR count). The molecule has 202 valence electrons. The van der Waals surface area contributed by atoms with E-state index in [2.05, 4.69) is 5.32 Å². The lowest BCUT2D eigenvalue weighted by molar-refractivity contribution is -0.135. The number of methoxy groups -OCH3 is 1. The largest absolute Gasteiger partial charge is 0.478 e. The Morgan fingerprint density at radius 2 is 1.72 bits per heavy atom. The van der Waals surface area contributed by atoms with Gasteiger partial charge in [0, 0.05) is 44.3 Å². The van der Waals surface area contributed by atoms with Crippen molar-refractivity contribution in [1.29, 1.82) is 0 Å². The molecule has 0 radical (unpaired) electrons. The molecule has 5 atom stereocenters. The van der Waals surface area contributed by atoms with Crippen LogP contribution in [-0.2, 0) is 23.9 Å². The topological polar surface area (TPSA) is 150 Å². The van der Waals surface area contributed by atoms with Crippen molar-refractivity contribution in [2.45, 2.75) is 84.0 Å². The first-order valence-corrected chi connectivity index (χ1v) is 12.4. The summed E-state index contributed by atoms with van der Waals surface area (Å²) in [5.74, 6) is -2.54. The van der Waals surface area contributed by atoms with Crippen molar-refractivity contribution in [2.24, 2.45) is 17.8 Å². The smallest absolute Gasteiger partial charge is 0.327 e. The summed E-state index contributed by atoms with van der Waals surface area (Å²) in [5.41, 5.74) is 0.578. The quantitative estimate of drug-likeness (QED) is 0.108. The van der Waals surface area contributed by atoms with Gasteiger partial charge in [0.15, 0.2) is 0 Å². The monoisotopic (exact) mass is 507 g/mol. The van der Waals surface area contributed by atoms with Gasteiger partial charge in [0.2, 0.25) is 11.8 Å². The Bertz CT molecular complexity index is 831. The highest BCUT2D eigenvalue weighted by Crippen LogP contribution is 2.23. The van der Waals surface area contributed by atoms with Gasteiger partial charge >= 0.3 is 5.97 Å². The molecule has 1 saturated heterocycles. The van der Waals surface area contributed by atoms with E-state index in [0.29, 0.717) is 50.5 Å². The fraction of sp³-hybridized carbons (Fsp3) is 0.630. The molecule has 0 spiro atoms. The number of ether oxygens (including phenoxy) is 1. The van der Waals surface area contributed by atoms with E-state index in [0.717, 1.165) is 6.08 Å². The van der Waals surface area contributed by atoms with Gasteiger partial charge in [0.25, 0.3) is 0 Å². The summed E-state index contributed by atoms with van der Waals surface area (Å²) in [6, 6.07) is 0. The number of rotatable bonds is 16. The van der Waals surface area contributed by atoms with Crippen LogP contribution in [0.25, 0.3) is 0 Å². The highest BCUT2D eigenvalue weighted by Gasteiger charge is 2.30. The number of nitrogens with one attached hydrogen (secondary N) is 1. The Hall–Kier alpha value is -2.62. The normalized spacial score (nSPS) is 19.8. The lowest BCUT2D eigenvalue weighted by atomic mass is 9.87. The number of piperidine rings is 1. The number of hydrogen-bond donors (Lipinski definition) is 4. The summed E-state index contributed by atoms with van der Waals surface area (Å²) in [4.78, 5) is 46.0. The first-order valence-electron chi connectivity index (χ1n) is 12.4. The number of carbonyl (C=O) groups is 4. The molecule has 1 fully saturated rings. The van der Waals surface area contributed by atoms with E-state index in [9.17, 15) is 29.4 Å². The zero-order valence-electron chi connectivity index (χ0n) is 21.7. The third kappa shape index (κ3) is 11.4. The predicted molar refractivity (Wildman–Crippen MR) is 135 cm³/mol. The molecular formula is C27H41NO8. The number of carboxylic acids is 1. The van der Waals surface area contributed by atoms with Crippen LogP contribution in [0.4, 0.5) is 0 Å². The Morgan fingerprint density at radius 1 is 1.11 bits per heavy atom. The average molecular weight is 508 g/mol. The lowest BCUT2D eigenvalue weighted by Crippen LogP contribution is -2.39. The number of carbonyl (C=O) groups excluding carboxylic acids is 3. The van der Waals surface area contributed by atoms with Crippen LogP contribution in [0.5, 0.6) is 0 Å². The molecule has 0 aromatic carbocycles. The van der Waals surface area contributed by atoms with Crippen LogP contribution in [0, 0.1) is 17.8 Å². The number of carboxylic acid groups (broad SMARTS) is 1. The fourth-order valence-electron chi connectivity index (χ4n) is 4.28. The van der Waals surface area contributed by atoms with Crippen molar-refractivity contribution in [2.75, 3.05) is 7.11 Å². The van der Waals surface area contributed by atoms with Crippen molar-refractivity contribution >= 4 is 23.6 Å². The zero-order chi connectivity index (χ0) is 27.3. The highest BCUT2D eigenvalue weighted by atomic mass is 16.5. The molecule has 9 heteroatoms.